The van der Waals surface area contributed by atoms with Gasteiger partial charge in [-0.1, -0.05) is 17.7 Å². The average molecular weight is 347 g/mol. The fourth-order valence-corrected chi connectivity index (χ4v) is 5.07. The molecule has 0 N–H and O–H groups in total. The van der Waals surface area contributed by atoms with Crippen molar-refractivity contribution in [2.24, 2.45) is 23.7 Å². The van der Waals surface area contributed by atoms with Crippen LogP contribution in [0.25, 0.3) is 0 Å². The van der Waals surface area contributed by atoms with E-state index in [9.17, 15) is 9.59 Å². The van der Waals surface area contributed by atoms with Crippen LogP contribution in [0.15, 0.2) is 48.5 Å². The number of carbonyl (C=O) groups is 2. The summed E-state index contributed by atoms with van der Waals surface area (Å²) in [6.07, 6.45) is 3.26. The third-order valence-corrected chi connectivity index (χ3v) is 6.28. The molecule has 0 radical (unpaired) electrons. The number of carbonyl (C=O) groups excluding carboxylic acids is 2. The van der Waals surface area contributed by atoms with E-state index in [2.05, 4.69) is 0 Å². The highest BCUT2D eigenvalue weighted by Gasteiger charge is 2.61. The standard InChI is InChI=1S/C22H21NO3/c1-13-2-8-17(9-3-13)26-18-10-6-16(7-11-18)23-21(24)19-14-4-5-15(12-14)20(19)22(23)25/h2-3,6-11,14-15,19-20H,4-5,12H2,1H3/t14-,15+,19-,20+. The van der Waals surface area contributed by atoms with E-state index >= 15 is 0 Å². The van der Waals surface area contributed by atoms with Gasteiger partial charge in [0, 0.05) is 0 Å². The molecular formula is C22H21NO3. The van der Waals surface area contributed by atoms with Gasteiger partial charge in [-0.3, -0.25) is 14.5 Å². The zero-order valence-corrected chi connectivity index (χ0v) is 14.7. The SMILES string of the molecule is Cc1ccc(Oc2ccc(N3C(=O)[C@@H]4[C@@H]5CC[C@@H](C5)[C@@H]4C3=O)cc2)cc1. The third-order valence-electron chi connectivity index (χ3n) is 6.28. The van der Waals surface area contributed by atoms with Crippen molar-refractivity contribution in [2.45, 2.75) is 26.2 Å². The van der Waals surface area contributed by atoms with Crippen molar-refractivity contribution in [1.29, 1.82) is 0 Å². The molecule has 0 unspecified atom stereocenters. The molecule has 0 spiro atoms. The molecule has 2 aliphatic carbocycles. The Morgan fingerprint density at radius 1 is 0.808 bits per heavy atom. The second-order valence-electron chi connectivity index (χ2n) is 7.81. The second kappa shape index (κ2) is 5.70. The lowest BCUT2D eigenvalue weighted by Gasteiger charge is -2.19. The summed E-state index contributed by atoms with van der Waals surface area (Å²) < 4.78 is 5.83. The maximum Gasteiger partial charge on any atom is 0.237 e. The van der Waals surface area contributed by atoms with Crippen molar-refractivity contribution in [1.82, 2.24) is 0 Å². The fourth-order valence-electron chi connectivity index (χ4n) is 5.07. The first kappa shape index (κ1) is 15.6. The van der Waals surface area contributed by atoms with Crippen LogP contribution in [-0.2, 0) is 9.59 Å². The highest BCUT2D eigenvalue weighted by atomic mass is 16.5. The third kappa shape index (κ3) is 2.28. The Labute approximate surface area is 152 Å². The van der Waals surface area contributed by atoms with Gasteiger partial charge < -0.3 is 4.74 Å². The maximum atomic E-state index is 12.9. The van der Waals surface area contributed by atoms with Crippen LogP contribution >= 0.6 is 0 Å². The van der Waals surface area contributed by atoms with Gasteiger partial charge >= 0.3 is 0 Å². The number of aryl methyl sites for hydroxylation is 1. The van der Waals surface area contributed by atoms with Gasteiger partial charge in [-0.2, -0.15) is 0 Å². The van der Waals surface area contributed by atoms with Gasteiger partial charge in [0.25, 0.3) is 0 Å². The van der Waals surface area contributed by atoms with Crippen LogP contribution in [0.5, 0.6) is 11.5 Å². The molecule has 3 fully saturated rings. The molecule has 4 atom stereocenters. The highest BCUT2D eigenvalue weighted by molar-refractivity contribution is 6.22. The van der Waals surface area contributed by atoms with Gasteiger partial charge in [0.2, 0.25) is 11.8 Å². The van der Waals surface area contributed by atoms with Crippen molar-refractivity contribution in [2.75, 3.05) is 4.90 Å². The fraction of sp³-hybridized carbons (Fsp3) is 0.364. The predicted octanol–water partition coefficient (Wildman–Crippen LogP) is 4.32. The van der Waals surface area contributed by atoms with Crippen LogP contribution < -0.4 is 9.64 Å². The van der Waals surface area contributed by atoms with Crippen LogP contribution in [0, 0.1) is 30.6 Å². The van der Waals surface area contributed by atoms with Crippen LogP contribution in [0.2, 0.25) is 0 Å². The lowest BCUT2D eigenvalue weighted by Crippen LogP contribution is -2.32. The summed E-state index contributed by atoms with van der Waals surface area (Å²) in [4.78, 5) is 27.2. The Morgan fingerprint density at radius 2 is 1.31 bits per heavy atom. The number of hydrogen-bond acceptors (Lipinski definition) is 3. The molecule has 26 heavy (non-hydrogen) atoms. The monoisotopic (exact) mass is 347 g/mol. The Bertz CT molecular complexity index is 843. The van der Waals surface area contributed by atoms with Crippen LogP contribution in [0.4, 0.5) is 5.69 Å². The van der Waals surface area contributed by atoms with Gasteiger partial charge in [-0.05, 0) is 74.4 Å². The van der Waals surface area contributed by atoms with E-state index in [0.717, 1.165) is 25.0 Å². The van der Waals surface area contributed by atoms with E-state index in [4.69, 9.17) is 4.74 Å². The van der Waals surface area contributed by atoms with Gasteiger partial charge in [-0.15, -0.1) is 0 Å². The smallest absolute Gasteiger partial charge is 0.237 e. The van der Waals surface area contributed by atoms with E-state index < -0.39 is 0 Å². The predicted molar refractivity (Wildman–Crippen MR) is 98.0 cm³/mol. The van der Waals surface area contributed by atoms with Crippen molar-refractivity contribution in [3.05, 3.63) is 54.1 Å². The molecule has 4 nitrogen and oxygen atoms in total. The first-order chi connectivity index (χ1) is 12.6. The molecule has 2 aromatic carbocycles. The zero-order valence-electron chi connectivity index (χ0n) is 14.7. The summed E-state index contributed by atoms with van der Waals surface area (Å²) in [5, 5.41) is 0. The summed E-state index contributed by atoms with van der Waals surface area (Å²) in [5.41, 5.74) is 1.84. The quantitative estimate of drug-likeness (QED) is 0.777. The normalized spacial score (nSPS) is 29.3. The van der Waals surface area contributed by atoms with Crippen molar-refractivity contribution >= 4 is 17.5 Å². The molecule has 0 aromatic heterocycles. The molecule has 1 saturated heterocycles. The number of anilines is 1. The van der Waals surface area contributed by atoms with E-state index in [0.29, 0.717) is 23.3 Å². The summed E-state index contributed by atoms with van der Waals surface area (Å²) in [6, 6.07) is 15.1. The number of imide groups is 1. The molecule has 132 valence electrons. The van der Waals surface area contributed by atoms with Crippen molar-refractivity contribution in [3.8, 4) is 11.5 Å². The van der Waals surface area contributed by atoms with E-state index in [-0.39, 0.29) is 23.7 Å². The van der Waals surface area contributed by atoms with Crippen molar-refractivity contribution in [3.63, 3.8) is 0 Å². The lowest BCUT2D eigenvalue weighted by atomic mass is 9.81. The molecule has 2 aromatic rings. The number of amides is 2. The molecule has 5 rings (SSSR count). The van der Waals surface area contributed by atoms with Gasteiger partial charge in [-0.25, -0.2) is 0 Å². The number of hydrogen-bond donors (Lipinski definition) is 0. The number of ether oxygens (including phenoxy) is 1. The van der Waals surface area contributed by atoms with Gasteiger partial charge in [0.1, 0.15) is 11.5 Å². The van der Waals surface area contributed by atoms with Gasteiger partial charge in [0.05, 0.1) is 17.5 Å². The number of benzene rings is 2. The largest absolute Gasteiger partial charge is 0.457 e. The Hall–Kier alpha value is -2.62. The molecular weight excluding hydrogens is 326 g/mol. The lowest BCUT2D eigenvalue weighted by molar-refractivity contribution is -0.123. The molecule has 2 bridgehead atoms. The number of rotatable bonds is 3. The molecule has 3 aliphatic rings. The zero-order chi connectivity index (χ0) is 17.8. The minimum Gasteiger partial charge on any atom is -0.457 e. The number of nitrogens with zero attached hydrogens (tertiary/aromatic N) is 1. The van der Waals surface area contributed by atoms with Crippen LogP contribution in [0.1, 0.15) is 24.8 Å². The first-order valence-electron chi connectivity index (χ1n) is 9.34. The average Bonchev–Trinajstić information content (AvgIpc) is 3.32. The molecule has 2 amide bonds. The Balaban J connectivity index is 1.37. The van der Waals surface area contributed by atoms with E-state index in [1.165, 1.54) is 10.5 Å². The Kier molecular flexibility index (Phi) is 3.42. The van der Waals surface area contributed by atoms with Crippen LogP contribution in [-0.4, -0.2) is 11.8 Å². The molecule has 4 heteroatoms. The Morgan fingerprint density at radius 3 is 1.85 bits per heavy atom. The molecule has 2 saturated carbocycles. The first-order valence-corrected chi connectivity index (χ1v) is 9.34. The molecule has 1 aliphatic heterocycles. The summed E-state index contributed by atoms with van der Waals surface area (Å²) in [7, 11) is 0. The van der Waals surface area contributed by atoms with Crippen LogP contribution in [0.3, 0.4) is 0 Å². The number of fused-ring (bicyclic) bond motifs is 5. The second-order valence-corrected chi connectivity index (χ2v) is 7.81. The maximum absolute atomic E-state index is 12.9. The van der Waals surface area contributed by atoms with Gasteiger partial charge in [0.15, 0.2) is 0 Å². The summed E-state index contributed by atoms with van der Waals surface area (Å²) in [6.45, 7) is 2.03. The minimum atomic E-state index is -0.0789. The molecule has 1 heterocycles. The van der Waals surface area contributed by atoms with E-state index in [1.54, 1.807) is 0 Å². The minimum absolute atomic E-state index is 0.000553. The van der Waals surface area contributed by atoms with Crippen molar-refractivity contribution < 1.29 is 14.3 Å². The summed E-state index contributed by atoms with van der Waals surface area (Å²) in [5.74, 6) is 2.12. The summed E-state index contributed by atoms with van der Waals surface area (Å²) >= 11 is 0. The topological polar surface area (TPSA) is 46.6 Å². The highest BCUT2D eigenvalue weighted by Crippen LogP contribution is 2.56. The van der Waals surface area contributed by atoms with E-state index in [1.807, 2.05) is 55.5 Å².